The van der Waals surface area contributed by atoms with Crippen molar-refractivity contribution in [1.82, 2.24) is 4.90 Å². The summed E-state index contributed by atoms with van der Waals surface area (Å²) in [6, 6.07) is 14.4. The summed E-state index contributed by atoms with van der Waals surface area (Å²) in [4.78, 5) is 26.7. The number of morpholine rings is 1. The predicted molar refractivity (Wildman–Crippen MR) is 119 cm³/mol. The second-order valence-electron chi connectivity index (χ2n) is 6.96. The average molecular weight is 428 g/mol. The van der Waals surface area contributed by atoms with E-state index in [1.165, 1.54) is 0 Å². The Hall–Kier alpha value is -3.10. The van der Waals surface area contributed by atoms with Gasteiger partial charge in [-0.25, -0.2) is 0 Å². The van der Waals surface area contributed by atoms with Gasteiger partial charge in [0.25, 0.3) is 5.91 Å². The quantitative estimate of drug-likeness (QED) is 0.567. The standard InChI is InChI=1S/C23H29N3O5/c1-2-29-14-15-31-21-8-6-19(7-9-21)24-17-22(27)25-20-5-3-4-18(16-20)23(28)26-10-12-30-13-11-26/h3-9,16,24H,2,10-15,17H2,1H3,(H,25,27). The number of anilines is 2. The van der Waals surface area contributed by atoms with Gasteiger partial charge in [0, 0.05) is 36.6 Å². The Morgan fingerprint density at radius 3 is 2.55 bits per heavy atom. The van der Waals surface area contributed by atoms with Gasteiger partial charge in [-0.05, 0) is 49.4 Å². The van der Waals surface area contributed by atoms with Crippen molar-refractivity contribution >= 4 is 23.2 Å². The minimum atomic E-state index is -0.201. The smallest absolute Gasteiger partial charge is 0.254 e. The predicted octanol–water partition coefficient (Wildman–Crippen LogP) is 2.62. The third-order valence-corrected chi connectivity index (χ3v) is 4.70. The number of carbonyl (C=O) groups is 2. The molecule has 1 aliphatic rings. The summed E-state index contributed by atoms with van der Waals surface area (Å²) in [5.74, 6) is 0.491. The van der Waals surface area contributed by atoms with Crippen molar-refractivity contribution in [1.29, 1.82) is 0 Å². The van der Waals surface area contributed by atoms with Crippen LogP contribution in [0.1, 0.15) is 17.3 Å². The third-order valence-electron chi connectivity index (χ3n) is 4.70. The number of carbonyl (C=O) groups excluding carboxylic acids is 2. The van der Waals surface area contributed by atoms with Gasteiger partial charge in [-0.1, -0.05) is 6.07 Å². The first-order chi connectivity index (χ1) is 15.2. The Kier molecular flexibility index (Phi) is 8.69. The zero-order valence-electron chi connectivity index (χ0n) is 17.8. The molecule has 1 saturated heterocycles. The first kappa shape index (κ1) is 22.6. The molecule has 0 saturated carbocycles. The summed E-state index contributed by atoms with van der Waals surface area (Å²) >= 11 is 0. The van der Waals surface area contributed by atoms with Gasteiger partial charge in [-0.15, -0.1) is 0 Å². The molecule has 166 valence electrons. The monoisotopic (exact) mass is 427 g/mol. The van der Waals surface area contributed by atoms with E-state index in [0.717, 1.165) is 11.4 Å². The van der Waals surface area contributed by atoms with E-state index >= 15 is 0 Å². The van der Waals surface area contributed by atoms with Crippen LogP contribution in [-0.4, -0.2) is 69.4 Å². The second kappa shape index (κ2) is 11.9. The largest absolute Gasteiger partial charge is 0.491 e. The molecule has 0 unspecified atom stereocenters. The molecule has 31 heavy (non-hydrogen) atoms. The highest BCUT2D eigenvalue weighted by molar-refractivity contribution is 5.98. The van der Waals surface area contributed by atoms with Crippen molar-refractivity contribution in [3.05, 3.63) is 54.1 Å². The number of ether oxygens (including phenoxy) is 3. The zero-order valence-corrected chi connectivity index (χ0v) is 17.8. The number of nitrogens with zero attached hydrogens (tertiary/aromatic N) is 1. The molecule has 3 rings (SSSR count). The maximum absolute atomic E-state index is 12.6. The number of hydrogen-bond acceptors (Lipinski definition) is 6. The Bertz CT molecular complexity index is 851. The highest BCUT2D eigenvalue weighted by atomic mass is 16.5. The number of nitrogens with one attached hydrogen (secondary N) is 2. The van der Waals surface area contributed by atoms with Gasteiger partial charge in [0.2, 0.25) is 5.91 Å². The lowest BCUT2D eigenvalue weighted by Gasteiger charge is -2.27. The molecule has 2 N–H and O–H groups in total. The van der Waals surface area contributed by atoms with E-state index < -0.39 is 0 Å². The van der Waals surface area contributed by atoms with Gasteiger partial charge in [-0.3, -0.25) is 9.59 Å². The van der Waals surface area contributed by atoms with Crippen molar-refractivity contribution in [3.8, 4) is 5.75 Å². The lowest BCUT2D eigenvalue weighted by atomic mass is 10.1. The molecule has 0 bridgehead atoms. The molecule has 0 radical (unpaired) electrons. The Morgan fingerprint density at radius 1 is 1.03 bits per heavy atom. The molecule has 0 aliphatic carbocycles. The second-order valence-corrected chi connectivity index (χ2v) is 6.96. The molecule has 8 nitrogen and oxygen atoms in total. The Balaban J connectivity index is 1.45. The van der Waals surface area contributed by atoms with E-state index in [4.69, 9.17) is 14.2 Å². The van der Waals surface area contributed by atoms with Crippen LogP contribution in [0.2, 0.25) is 0 Å². The van der Waals surface area contributed by atoms with Gasteiger partial charge < -0.3 is 29.7 Å². The number of benzene rings is 2. The van der Waals surface area contributed by atoms with Crippen LogP contribution in [0.25, 0.3) is 0 Å². The summed E-state index contributed by atoms with van der Waals surface area (Å²) in [6.45, 7) is 6.02. The van der Waals surface area contributed by atoms with Crippen LogP contribution in [-0.2, 0) is 14.3 Å². The first-order valence-corrected chi connectivity index (χ1v) is 10.5. The van der Waals surface area contributed by atoms with Gasteiger partial charge >= 0.3 is 0 Å². The van der Waals surface area contributed by atoms with Crippen molar-refractivity contribution in [3.63, 3.8) is 0 Å². The van der Waals surface area contributed by atoms with Crippen LogP contribution >= 0.6 is 0 Å². The fourth-order valence-electron chi connectivity index (χ4n) is 3.10. The minimum Gasteiger partial charge on any atom is -0.491 e. The number of rotatable bonds is 10. The SMILES string of the molecule is CCOCCOc1ccc(NCC(=O)Nc2cccc(C(=O)N3CCOCC3)c2)cc1. The van der Waals surface area contributed by atoms with Crippen LogP contribution in [0, 0.1) is 0 Å². The third kappa shape index (κ3) is 7.27. The van der Waals surface area contributed by atoms with Crippen molar-refractivity contribution in [2.45, 2.75) is 6.92 Å². The molecule has 1 heterocycles. The van der Waals surface area contributed by atoms with E-state index in [1.54, 1.807) is 29.2 Å². The Morgan fingerprint density at radius 2 is 1.81 bits per heavy atom. The molecule has 8 heteroatoms. The molecule has 2 aromatic carbocycles. The normalized spacial score (nSPS) is 13.5. The minimum absolute atomic E-state index is 0.0545. The van der Waals surface area contributed by atoms with Crippen LogP contribution in [0.3, 0.4) is 0 Å². The topological polar surface area (TPSA) is 89.1 Å². The average Bonchev–Trinajstić information content (AvgIpc) is 2.81. The number of amides is 2. The fourth-order valence-corrected chi connectivity index (χ4v) is 3.10. The highest BCUT2D eigenvalue weighted by Crippen LogP contribution is 2.16. The molecule has 1 fully saturated rings. The number of hydrogen-bond donors (Lipinski definition) is 2. The summed E-state index contributed by atoms with van der Waals surface area (Å²) in [5.41, 5.74) is 1.94. The van der Waals surface area contributed by atoms with Crippen LogP contribution < -0.4 is 15.4 Å². The van der Waals surface area contributed by atoms with E-state index in [9.17, 15) is 9.59 Å². The maximum atomic E-state index is 12.6. The van der Waals surface area contributed by atoms with E-state index in [-0.39, 0.29) is 18.4 Å². The highest BCUT2D eigenvalue weighted by Gasteiger charge is 2.18. The lowest BCUT2D eigenvalue weighted by molar-refractivity contribution is -0.114. The van der Waals surface area contributed by atoms with Gasteiger partial charge in [0.15, 0.2) is 0 Å². The summed E-state index contributed by atoms with van der Waals surface area (Å²) in [7, 11) is 0. The van der Waals surface area contributed by atoms with Gasteiger partial charge in [-0.2, -0.15) is 0 Å². The lowest BCUT2D eigenvalue weighted by Crippen LogP contribution is -2.40. The fraction of sp³-hybridized carbons (Fsp3) is 0.391. The summed E-state index contributed by atoms with van der Waals surface area (Å²) in [6.07, 6.45) is 0. The van der Waals surface area contributed by atoms with Crippen LogP contribution in [0.15, 0.2) is 48.5 Å². The summed E-state index contributed by atoms with van der Waals surface area (Å²) in [5, 5.41) is 5.90. The van der Waals surface area contributed by atoms with Crippen molar-refractivity contribution in [2.24, 2.45) is 0 Å². The van der Waals surface area contributed by atoms with Gasteiger partial charge in [0.05, 0.1) is 26.4 Å². The van der Waals surface area contributed by atoms with Gasteiger partial charge in [0.1, 0.15) is 12.4 Å². The van der Waals surface area contributed by atoms with Crippen molar-refractivity contribution in [2.75, 3.05) is 63.3 Å². The molecule has 2 aromatic rings. The van der Waals surface area contributed by atoms with E-state index in [2.05, 4.69) is 10.6 Å². The molecule has 0 spiro atoms. The van der Waals surface area contributed by atoms with Crippen molar-refractivity contribution < 1.29 is 23.8 Å². The molecule has 0 aromatic heterocycles. The maximum Gasteiger partial charge on any atom is 0.254 e. The Labute approximate surface area is 182 Å². The summed E-state index contributed by atoms with van der Waals surface area (Å²) < 4.78 is 16.1. The molecule has 2 amide bonds. The molecular formula is C23H29N3O5. The molecular weight excluding hydrogens is 398 g/mol. The first-order valence-electron chi connectivity index (χ1n) is 10.5. The zero-order chi connectivity index (χ0) is 21.9. The van der Waals surface area contributed by atoms with E-state index in [0.29, 0.717) is 57.4 Å². The molecule has 1 aliphatic heterocycles. The molecule has 0 atom stereocenters. The van der Waals surface area contributed by atoms with Crippen LogP contribution in [0.4, 0.5) is 11.4 Å². The van der Waals surface area contributed by atoms with Crippen LogP contribution in [0.5, 0.6) is 5.75 Å². The van der Waals surface area contributed by atoms with E-state index in [1.807, 2.05) is 31.2 Å².